The highest BCUT2D eigenvalue weighted by Crippen LogP contribution is 2.28. The molecule has 1 fully saturated rings. The van der Waals surface area contributed by atoms with Crippen molar-refractivity contribution >= 4 is 16.9 Å². The first-order valence-electron chi connectivity index (χ1n) is 10.8. The van der Waals surface area contributed by atoms with Gasteiger partial charge in [0.2, 0.25) is 0 Å². The first-order valence-corrected chi connectivity index (χ1v) is 10.8. The van der Waals surface area contributed by atoms with Gasteiger partial charge in [0.15, 0.2) is 0 Å². The Hall–Kier alpha value is -2.89. The van der Waals surface area contributed by atoms with Crippen LogP contribution < -0.4 is 4.74 Å². The molecule has 4 rings (SSSR count). The first-order chi connectivity index (χ1) is 14.6. The minimum Gasteiger partial charge on any atom is -0.496 e. The van der Waals surface area contributed by atoms with Crippen LogP contribution in [0.4, 0.5) is 0 Å². The van der Waals surface area contributed by atoms with Crippen molar-refractivity contribution in [3.8, 4) is 5.75 Å². The maximum absolute atomic E-state index is 13.4. The Morgan fingerprint density at radius 3 is 2.77 bits per heavy atom. The van der Waals surface area contributed by atoms with Gasteiger partial charge in [-0.1, -0.05) is 25.3 Å². The molecule has 0 bridgehead atoms. The zero-order valence-electron chi connectivity index (χ0n) is 18.0. The lowest BCUT2D eigenvalue weighted by Crippen LogP contribution is -2.45. The zero-order chi connectivity index (χ0) is 21.1. The maximum atomic E-state index is 13.4. The highest BCUT2D eigenvalue weighted by molar-refractivity contribution is 5.95. The molecule has 0 radical (unpaired) electrons. The Balaban J connectivity index is 1.60. The van der Waals surface area contributed by atoms with E-state index in [9.17, 15) is 4.79 Å². The van der Waals surface area contributed by atoms with Gasteiger partial charge in [0.05, 0.1) is 31.7 Å². The minimum absolute atomic E-state index is 0.0981. The number of carbonyl (C=O) groups is 1. The molecule has 1 amide bonds. The number of rotatable bonds is 6. The predicted octanol–water partition coefficient (Wildman–Crippen LogP) is 4.67. The number of aromatic nitrogens is 3. The molecule has 6 heteroatoms. The summed E-state index contributed by atoms with van der Waals surface area (Å²) in [6, 6.07) is 8.28. The molecule has 158 valence electrons. The van der Waals surface area contributed by atoms with Gasteiger partial charge in [-0.2, -0.15) is 0 Å². The van der Waals surface area contributed by atoms with E-state index in [0.717, 1.165) is 35.2 Å². The van der Waals surface area contributed by atoms with Crippen LogP contribution in [0.15, 0.2) is 43.0 Å². The van der Waals surface area contributed by atoms with Crippen LogP contribution in [-0.2, 0) is 6.54 Å². The van der Waals surface area contributed by atoms with E-state index >= 15 is 0 Å². The first kappa shape index (κ1) is 20.4. The van der Waals surface area contributed by atoms with Gasteiger partial charge in [0, 0.05) is 29.4 Å². The molecule has 1 saturated carbocycles. The zero-order valence-corrected chi connectivity index (χ0v) is 18.0. The van der Waals surface area contributed by atoms with Crippen molar-refractivity contribution in [2.45, 2.75) is 64.6 Å². The van der Waals surface area contributed by atoms with Crippen molar-refractivity contribution in [3.05, 3.63) is 54.1 Å². The van der Waals surface area contributed by atoms with Crippen LogP contribution in [-0.4, -0.2) is 44.5 Å². The number of imidazole rings is 1. The number of ether oxygens (including phenoxy) is 1. The SMILES string of the molecule is COc1cc(C(=O)N(C(C)C)C2CCCCC2)ccc1Cn1cnc2cnccc21. The van der Waals surface area contributed by atoms with E-state index in [0.29, 0.717) is 18.2 Å². The van der Waals surface area contributed by atoms with Crippen LogP contribution in [0.3, 0.4) is 0 Å². The summed E-state index contributed by atoms with van der Waals surface area (Å²) in [6.45, 7) is 4.84. The van der Waals surface area contributed by atoms with Gasteiger partial charge in [-0.25, -0.2) is 4.98 Å². The number of benzene rings is 1. The van der Waals surface area contributed by atoms with Crippen molar-refractivity contribution in [2.24, 2.45) is 0 Å². The summed E-state index contributed by atoms with van der Waals surface area (Å²) in [5.74, 6) is 0.824. The van der Waals surface area contributed by atoms with Gasteiger partial charge in [-0.05, 0) is 44.9 Å². The lowest BCUT2D eigenvalue weighted by molar-refractivity contribution is 0.0555. The Labute approximate surface area is 177 Å². The Morgan fingerprint density at radius 1 is 1.23 bits per heavy atom. The Morgan fingerprint density at radius 2 is 2.03 bits per heavy atom. The van der Waals surface area contributed by atoms with E-state index < -0.39 is 0 Å². The molecule has 30 heavy (non-hydrogen) atoms. The third-order valence-corrected chi connectivity index (χ3v) is 6.06. The highest BCUT2D eigenvalue weighted by Gasteiger charge is 2.28. The van der Waals surface area contributed by atoms with Crippen LogP contribution in [0.1, 0.15) is 61.9 Å². The largest absolute Gasteiger partial charge is 0.496 e. The fourth-order valence-electron chi connectivity index (χ4n) is 4.56. The molecule has 0 unspecified atom stereocenters. The molecule has 1 aliphatic rings. The number of hydrogen-bond acceptors (Lipinski definition) is 4. The molecule has 0 saturated heterocycles. The summed E-state index contributed by atoms with van der Waals surface area (Å²) in [4.78, 5) is 24.0. The van der Waals surface area contributed by atoms with Gasteiger partial charge in [0.1, 0.15) is 11.3 Å². The lowest BCUT2D eigenvalue weighted by atomic mass is 9.92. The third kappa shape index (κ3) is 4.04. The second-order valence-electron chi connectivity index (χ2n) is 8.36. The van der Waals surface area contributed by atoms with Gasteiger partial charge in [0.25, 0.3) is 5.91 Å². The second-order valence-corrected chi connectivity index (χ2v) is 8.36. The van der Waals surface area contributed by atoms with Crippen LogP contribution in [0.2, 0.25) is 0 Å². The highest BCUT2D eigenvalue weighted by atomic mass is 16.5. The summed E-state index contributed by atoms with van der Waals surface area (Å²) in [5, 5.41) is 0. The smallest absolute Gasteiger partial charge is 0.254 e. The molecule has 1 aromatic carbocycles. The van der Waals surface area contributed by atoms with Crippen molar-refractivity contribution in [1.82, 2.24) is 19.4 Å². The quantitative estimate of drug-likeness (QED) is 0.597. The van der Waals surface area contributed by atoms with E-state index in [1.165, 1.54) is 19.3 Å². The Kier molecular flexibility index (Phi) is 6.02. The van der Waals surface area contributed by atoms with Crippen LogP contribution in [0.5, 0.6) is 5.75 Å². The number of carbonyl (C=O) groups excluding carboxylic acids is 1. The summed E-state index contributed by atoms with van der Waals surface area (Å²) in [7, 11) is 1.66. The summed E-state index contributed by atoms with van der Waals surface area (Å²) < 4.78 is 7.73. The normalized spacial score (nSPS) is 14.9. The molecule has 6 nitrogen and oxygen atoms in total. The number of pyridine rings is 1. The molecule has 0 atom stereocenters. The van der Waals surface area contributed by atoms with Crippen molar-refractivity contribution in [1.29, 1.82) is 0 Å². The van der Waals surface area contributed by atoms with Gasteiger partial charge in [-0.3, -0.25) is 9.78 Å². The molecule has 2 aromatic heterocycles. The van der Waals surface area contributed by atoms with E-state index in [1.54, 1.807) is 19.5 Å². The molecule has 0 N–H and O–H groups in total. The standard InChI is InChI=1S/C24H30N4O2/c1-17(2)28(20-7-5-4-6-8-20)24(29)18-9-10-19(23(13-18)30-3)15-27-16-26-21-14-25-12-11-22(21)27/h9-14,16-17,20H,4-8,15H2,1-3H3. The van der Waals surface area contributed by atoms with E-state index in [1.807, 2.05) is 30.6 Å². The molecular weight excluding hydrogens is 376 g/mol. The number of nitrogens with zero attached hydrogens (tertiary/aromatic N) is 4. The van der Waals surface area contributed by atoms with E-state index in [2.05, 4.69) is 33.3 Å². The minimum atomic E-state index is 0.0981. The summed E-state index contributed by atoms with van der Waals surface area (Å²) in [6.07, 6.45) is 11.2. The summed E-state index contributed by atoms with van der Waals surface area (Å²) >= 11 is 0. The molecule has 2 heterocycles. The second kappa shape index (κ2) is 8.86. The molecule has 1 aliphatic carbocycles. The van der Waals surface area contributed by atoms with Crippen LogP contribution in [0.25, 0.3) is 11.0 Å². The predicted molar refractivity (Wildman–Crippen MR) is 118 cm³/mol. The van der Waals surface area contributed by atoms with Crippen LogP contribution in [0, 0.1) is 0 Å². The van der Waals surface area contributed by atoms with Gasteiger partial charge < -0.3 is 14.2 Å². The average Bonchev–Trinajstić information content (AvgIpc) is 3.17. The molecule has 0 spiro atoms. The number of methoxy groups -OCH3 is 1. The molecule has 3 aromatic rings. The summed E-state index contributed by atoms with van der Waals surface area (Å²) in [5.41, 5.74) is 3.59. The van der Waals surface area contributed by atoms with E-state index in [4.69, 9.17) is 4.74 Å². The van der Waals surface area contributed by atoms with Crippen molar-refractivity contribution < 1.29 is 9.53 Å². The average molecular weight is 407 g/mol. The van der Waals surface area contributed by atoms with E-state index in [-0.39, 0.29) is 11.9 Å². The molecular formula is C24H30N4O2. The fraction of sp³-hybridized carbons (Fsp3) is 0.458. The van der Waals surface area contributed by atoms with Crippen molar-refractivity contribution in [2.75, 3.05) is 7.11 Å². The number of hydrogen-bond donors (Lipinski definition) is 0. The number of fused-ring (bicyclic) bond motifs is 1. The van der Waals surface area contributed by atoms with Crippen molar-refractivity contribution in [3.63, 3.8) is 0 Å². The van der Waals surface area contributed by atoms with Gasteiger partial charge >= 0.3 is 0 Å². The third-order valence-electron chi connectivity index (χ3n) is 6.06. The van der Waals surface area contributed by atoms with Crippen LogP contribution >= 0.6 is 0 Å². The topological polar surface area (TPSA) is 60.2 Å². The van der Waals surface area contributed by atoms with Gasteiger partial charge in [-0.15, -0.1) is 0 Å². The monoisotopic (exact) mass is 406 g/mol. The number of amides is 1. The molecule has 0 aliphatic heterocycles. The lowest BCUT2D eigenvalue weighted by Gasteiger charge is -2.37. The maximum Gasteiger partial charge on any atom is 0.254 e. The fourth-order valence-corrected chi connectivity index (χ4v) is 4.56. The Bertz CT molecular complexity index is 1020.